The number of rotatable bonds is 6. The van der Waals surface area contributed by atoms with E-state index in [2.05, 4.69) is 49.3 Å². The fraction of sp³-hybridized carbons (Fsp3) is 0.667. The Morgan fingerprint density at radius 1 is 1.19 bits per heavy atom. The average molecular weight is 496 g/mol. The summed E-state index contributed by atoms with van der Waals surface area (Å²) in [5.74, 6) is 0.0305. The highest BCUT2D eigenvalue weighted by Crippen LogP contribution is 2.67. The Labute approximate surface area is 214 Å². The zero-order chi connectivity index (χ0) is 25.7. The number of carbonyl (C=O) groups is 1. The molecule has 1 aromatic carbocycles. The van der Waals surface area contributed by atoms with E-state index >= 15 is 0 Å². The minimum atomic E-state index is -1.54. The van der Waals surface area contributed by atoms with Crippen LogP contribution in [-0.2, 0) is 16.1 Å². The first kappa shape index (κ1) is 25.6. The second-order valence-corrected chi connectivity index (χ2v) is 12.2. The number of aryl methyl sites for hydroxylation is 1. The van der Waals surface area contributed by atoms with Gasteiger partial charge in [-0.1, -0.05) is 54.4 Å². The third-order valence-electron chi connectivity index (χ3n) is 10.4. The lowest BCUT2D eigenvalue weighted by atomic mass is 9.45. The largest absolute Gasteiger partial charge is 0.395 e. The molecule has 4 aliphatic rings. The van der Waals surface area contributed by atoms with E-state index in [4.69, 9.17) is 4.84 Å². The molecule has 6 heteroatoms. The summed E-state index contributed by atoms with van der Waals surface area (Å²) in [5, 5.41) is 36.9. The summed E-state index contributed by atoms with van der Waals surface area (Å²) in [6.07, 6.45) is 7.58. The van der Waals surface area contributed by atoms with Gasteiger partial charge in [0.2, 0.25) is 0 Å². The van der Waals surface area contributed by atoms with Crippen molar-refractivity contribution < 1.29 is 25.0 Å². The van der Waals surface area contributed by atoms with Gasteiger partial charge in [0, 0.05) is 11.8 Å². The van der Waals surface area contributed by atoms with Gasteiger partial charge < -0.3 is 20.2 Å². The molecule has 1 aromatic rings. The topological polar surface area (TPSA) is 99.4 Å². The molecule has 0 amide bonds. The van der Waals surface area contributed by atoms with Crippen LogP contribution in [-0.4, -0.2) is 51.7 Å². The van der Waals surface area contributed by atoms with Crippen LogP contribution in [0.5, 0.6) is 0 Å². The van der Waals surface area contributed by atoms with Crippen LogP contribution < -0.4 is 0 Å². The molecule has 4 aliphatic carbocycles. The van der Waals surface area contributed by atoms with Gasteiger partial charge in [0.1, 0.15) is 18.8 Å². The Hall–Kier alpha value is -2.02. The van der Waals surface area contributed by atoms with Crippen molar-refractivity contribution >= 4 is 11.5 Å². The normalized spacial score (nSPS) is 40.7. The van der Waals surface area contributed by atoms with E-state index < -0.39 is 29.5 Å². The first-order chi connectivity index (χ1) is 17.1. The van der Waals surface area contributed by atoms with Crippen molar-refractivity contribution in [3.63, 3.8) is 0 Å². The van der Waals surface area contributed by atoms with Crippen LogP contribution >= 0.6 is 0 Å². The Balaban J connectivity index is 1.31. The Morgan fingerprint density at radius 3 is 2.75 bits per heavy atom. The van der Waals surface area contributed by atoms with Gasteiger partial charge in [-0.15, -0.1) is 0 Å². The van der Waals surface area contributed by atoms with Gasteiger partial charge in [0.05, 0.1) is 11.8 Å². The summed E-state index contributed by atoms with van der Waals surface area (Å²) in [7, 11) is 0. The molecule has 3 fully saturated rings. The van der Waals surface area contributed by atoms with Gasteiger partial charge in [0.25, 0.3) is 0 Å². The number of aliphatic hydroxyl groups is 3. The summed E-state index contributed by atoms with van der Waals surface area (Å²) < 4.78 is 0. The van der Waals surface area contributed by atoms with Crippen molar-refractivity contribution in [1.29, 1.82) is 0 Å². The van der Waals surface area contributed by atoms with Crippen molar-refractivity contribution in [3.05, 3.63) is 47.0 Å². The molecule has 5 rings (SSSR count). The molecule has 6 nitrogen and oxygen atoms in total. The Morgan fingerprint density at radius 2 is 2.00 bits per heavy atom. The monoisotopic (exact) mass is 495 g/mol. The fourth-order valence-electron chi connectivity index (χ4n) is 8.52. The van der Waals surface area contributed by atoms with Crippen LogP contribution in [0.25, 0.3) is 0 Å². The molecule has 0 saturated heterocycles. The van der Waals surface area contributed by atoms with Crippen molar-refractivity contribution in [3.8, 4) is 0 Å². The van der Waals surface area contributed by atoms with E-state index in [1.54, 1.807) is 0 Å². The van der Waals surface area contributed by atoms with E-state index in [1.807, 2.05) is 6.92 Å². The number of Topliss-reactive ketones (excluding diaryl/α,β-unsaturated/α-hetero) is 1. The number of hydrogen-bond acceptors (Lipinski definition) is 6. The van der Waals surface area contributed by atoms with Crippen molar-refractivity contribution in [2.75, 3.05) is 13.2 Å². The van der Waals surface area contributed by atoms with Gasteiger partial charge in [-0.3, -0.25) is 4.79 Å². The molecule has 3 saturated carbocycles. The first-order valence-corrected chi connectivity index (χ1v) is 13.6. The maximum absolute atomic E-state index is 12.6. The number of oxime groups is 1. The van der Waals surface area contributed by atoms with E-state index in [0.29, 0.717) is 19.4 Å². The lowest BCUT2D eigenvalue weighted by Crippen LogP contribution is -2.62. The van der Waals surface area contributed by atoms with Crippen LogP contribution in [0.1, 0.15) is 69.9 Å². The smallest absolute Gasteiger partial charge is 0.190 e. The second kappa shape index (κ2) is 9.38. The van der Waals surface area contributed by atoms with Gasteiger partial charge in [0.15, 0.2) is 5.78 Å². The van der Waals surface area contributed by atoms with Crippen LogP contribution in [0.3, 0.4) is 0 Å². The highest BCUT2D eigenvalue weighted by molar-refractivity contribution is 5.96. The van der Waals surface area contributed by atoms with Gasteiger partial charge >= 0.3 is 0 Å². The van der Waals surface area contributed by atoms with E-state index in [0.717, 1.165) is 44.2 Å². The highest BCUT2D eigenvalue weighted by atomic mass is 16.6. The molecular weight excluding hydrogens is 454 g/mol. The van der Waals surface area contributed by atoms with Crippen LogP contribution in [0.2, 0.25) is 0 Å². The molecule has 0 heterocycles. The number of fused-ring (bicyclic) bond motifs is 5. The van der Waals surface area contributed by atoms with Crippen LogP contribution in [0, 0.1) is 35.5 Å². The Bertz CT molecular complexity index is 1080. The SMILES string of the molecule is Cc1cccc(CCO/N=C2/C=C3CC[C@@H]4[C@H]([C@@H](O)C[C@@]5(C)[C@H]4CC[C@]5(O)C(=O)CO)[C@@]3(C)CC2)c1. The third kappa shape index (κ3) is 3.97. The summed E-state index contributed by atoms with van der Waals surface area (Å²) in [6, 6.07) is 8.45. The van der Waals surface area contributed by atoms with Gasteiger partial charge in [-0.2, -0.15) is 0 Å². The molecule has 0 spiro atoms. The zero-order valence-corrected chi connectivity index (χ0v) is 21.9. The molecule has 0 radical (unpaired) electrons. The van der Waals surface area contributed by atoms with Crippen LogP contribution in [0.15, 0.2) is 41.1 Å². The van der Waals surface area contributed by atoms with Crippen molar-refractivity contribution in [2.45, 2.75) is 83.8 Å². The van der Waals surface area contributed by atoms with Crippen molar-refractivity contribution in [2.24, 2.45) is 33.7 Å². The number of aliphatic hydroxyl groups excluding tert-OH is 2. The number of benzene rings is 1. The minimum Gasteiger partial charge on any atom is -0.395 e. The molecule has 0 unspecified atom stereocenters. The minimum absolute atomic E-state index is 0.103. The molecule has 7 atom stereocenters. The zero-order valence-electron chi connectivity index (χ0n) is 21.9. The maximum Gasteiger partial charge on any atom is 0.190 e. The molecular formula is C30H41NO5. The molecule has 196 valence electrons. The standard InChI is InChI=1S/C30H41NO5/c1-19-5-4-6-20(15-19)11-14-36-31-22-9-12-28(2)21(16-22)7-8-23-24-10-13-30(35,26(34)18-32)29(24,3)17-25(33)27(23)28/h4-6,15-16,23-25,27,32-33,35H,7-14,17-18H2,1-3H3/b31-22+/t23-,24-,25-,27+,28-,29-,30-/m0/s1. The second-order valence-electron chi connectivity index (χ2n) is 12.2. The molecule has 0 aliphatic heterocycles. The average Bonchev–Trinajstić information content (AvgIpc) is 3.12. The maximum atomic E-state index is 12.6. The quantitative estimate of drug-likeness (QED) is 0.407. The molecule has 3 N–H and O–H groups in total. The lowest BCUT2D eigenvalue weighted by molar-refractivity contribution is -0.181. The predicted octanol–water partition coefficient (Wildman–Crippen LogP) is 4.14. The first-order valence-electron chi connectivity index (χ1n) is 13.6. The van der Waals surface area contributed by atoms with E-state index in [1.165, 1.54) is 16.7 Å². The van der Waals surface area contributed by atoms with Crippen LogP contribution in [0.4, 0.5) is 0 Å². The van der Waals surface area contributed by atoms with E-state index in [9.17, 15) is 20.1 Å². The number of allylic oxidation sites excluding steroid dienone is 2. The lowest BCUT2D eigenvalue weighted by Gasteiger charge is -2.60. The number of nitrogens with zero attached hydrogens (tertiary/aromatic N) is 1. The molecule has 0 aromatic heterocycles. The molecule has 36 heavy (non-hydrogen) atoms. The summed E-state index contributed by atoms with van der Waals surface area (Å²) >= 11 is 0. The summed E-state index contributed by atoms with van der Waals surface area (Å²) in [4.78, 5) is 18.3. The highest BCUT2D eigenvalue weighted by Gasteiger charge is 2.68. The number of carbonyl (C=O) groups excluding carboxylic acids is 1. The third-order valence-corrected chi connectivity index (χ3v) is 10.4. The number of ketones is 1. The van der Waals surface area contributed by atoms with Gasteiger partial charge in [-0.25, -0.2) is 0 Å². The Kier molecular flexibility index (Phi) is 6.67. The fourth-order valence-corrected chi connectivity index (χ4v) is 8.52. The molecule has 0 bridgehead atoms. The number of hydrogen-bond donors (Lipinski definition) is 3. The van der Waals surface area contributed by atoms with E-state index in [-0.39, 0.29) is 23.2 Å². The van der Waals surface area contributed by atoms with Gasteiger partial charge in [-0.05, 0) is 86.7 Å². The summed E-state index contributed by atoms with van der Waals surface area (Å²) in [5.41, 5.74) is 2.46. The summed E-state index contributed by atoms with van der Waals surface area (Å²) in [6.45, 7) is 6.24. The van der Waals surface area contributed by atoms with Crippen molar-refractivity contribution in [1.82, 2.24) is 0 Å². The predicted molar refractivity (Wildman–Crippen MR) is 138 cm³/mol.